The molecule has 2 aromatic carbocycles. The third-order valence-corrected chi connectivity index (χ3v) is 4.12. The number of halogens is 1. The van der Waals surface area contributed by atoms with Gasteiger partial charge in [-0.15, -0.1) is 10.2 Å². The molecule has 0 amide bonds. The molecule has 0 aliphatic heterocycles. The number of azo groups is 1. The molecule has 2 heterocycles. The van der Waals surface area contributed by atoms with Gasteiger partial charge in [0.25, 0.3) is 0 Å². The van der Waals surface area contributed by atoms with Crippen molar-refractivity contribution in [2.75, 3.05) is 0 Å². The number of aromatic nitrogens is 2. The van der Waals surface area contributed by atoms with Crippen molar-refractivity contribution in [1.29, 1.82) is 0 Å². The van der Waals surface area contributed by atoms with Gasteiger partial charge in [-0.05, 0) is 31.2 Å². The number of rotatable bonds is 3. The highest BCUT2D eigenvalue weighted by Crippen LogP contribution is 2.32. The van der Waals surface area contributed by atoms with Crippen LogP contribution in [0.25, 0.3) is 16.9 Å². The van der Waals surface area contributed by atoms with Crippen LogP contribution < -0.4 is 0 Å². The van der Waals surface area contributed by atoms with Crippen LogP contribution >= 0.6 is 11.6 Å². The molecule has 122 valence electrons. The lowest BCUT2D eigenvalue weighted by Crippen LogP contribution is -1.83. The average Bonchev–Trinajstić information content (AvgIpc) is 3.00. The summed E-state index contributed by atoms with van der Waals surface area (Å²) in [6, 6.07) is 21.6. The highest BCUT2D eigenvalue weighted by Gasteiger charge is 2.14. The van der Waals surface area contributed by atoms with Gasteiger partial charge >= 0.3 is 0 Å². The van der Waals surface area contributed by atoms with Crippen LogP contribution in [0.5, 0.6) is 0 Å². The van der Waals surface area contributed by atoms with Gasteiger partial charge in [0.2, 0.25) is 0 Å². The minimum Gasteiger partial charge on any atom is -0.281 e. The summed E-state index contributed by atoms with van der Waals surface area (Å²) < 4.78 is 1.86. The van der Waals surface area contributed by atoms with E-state index in [0.29, 0.717) is 10.8 Å². The van der Waals surface area contributed by atoms with E-state index in [1.54, 1.807) is 6.20 Å². The molecule has 0 saturated heterocycles. The van der Waals surface area contributed by atoms with Crippen LogP contribution in [0.15, 0.2) is 83.2 Å². The number of hydrogen-bond acceptors (Lipinski definition) is 3. The van der Waals surface area contributed by atoms with Gasteiger partial charge < -0.3 is 0 Å². The van der Waals surface area contributed by atoms with E-state index in [4.69, 9.17) is 16.6 Å². The van der Waals surface area contributed by atoms with E-state index in [0.717, 1.165) is 22.6 Å². The molecular formula is C20H15ClN4. The van der Waals surface area contributed by atoms with Crippen LogP contribution in [0.2, 0.25) is 5.02 Å². The SMILES string of the molecule is Cc1ccc(N=Nc2c(-c3ccccc3)nc3ccc(Cl)cn23)cc1. The van der Waals surface area contributed by atoms with Crippen LogP contribution in [0.1, 0.15) is 5.56 Å². The van der Waals surface area contributed by atoms with Gasteiger partial charge in [0, 0.05) is 11.8 Å². The zero-order chi connectivity index (χ0) is 17.2. The lowest BCUT2D eigenvalue weighted by Gasteiger charge is -2.00. The Morgan fingerprint density at radius 2 is 1.64 bits per heavy atom. The molecule has 0 spiro atoms. The summed E-state index contributed by atoms with van der Waals surface area (Å²) in [5, 5.41) is 9.48. The Labute approximate surface area is 150 Å². The fourth-order valence-electron chi connectivity index (χ4n) is 2.61. The van der Waals surface area contributed by atoms with Crippen molar-refractivity contribution in [3.05, 3.63) is 83.5 Å². The molecule has 4 aromatic rings. The maximum atomic E-state index is 6.16. The predicted octanol–water partition coefficient (Wildman–Crippen LogP) is 6.38. The van der Waals surface area contributed by atoms with Gasteiger partial charge in [-0.25, -0.2) is 4.98 Å². The van der Waals surface area contributed by atoms with Crippen LogP contribution in [-0.4, -0.2) is 9.38 Å². The normalized spacial score (nSPS) is 11.4. The zero-order valence-corrected chi connectivity index (χ0v) is 14.4. The largest absolute Gasteiger partial charge is 0.281 e. The molecule has 4 nitrogen and oxygen atoms in total. The summed E-state index contributed by atoms with van der Waals surface area (Å²) in [5.74, 6) is 0.657. The monoisotopic (exact) mass is 346 g/mol. The number of nitrogens with zero attached hydrogens (tertiary/aromatic N) is 4. The lowest BCUT2D eigenvalue weighted by molar-refractivity contribution is 1.10. The summed E-state index contributed by atoms with van der Waals surface area (Å²) in [7, 11) is 0. The van der Waals surface area contributed by atoms with Crippen LogP contribution in [0.4, 0.5) is 11.5 Å². The number of aryl methyl sites for hydroxylation is 1. The van der Waals surface area contributed by atoms with E-state index >= 15 is 0 Å². The van der Waals surface area contributed by atoms with Gasteiger partial charge in [0.15, 0.2) is 5.82 Å². The second kappa shape index (κ2) is 6.49. The second-order valence-corrected chi connectivity index (χ2v) is 6.20. The molecule has 0 atom stereocenters. The second-order valence-electron chi connectivity index (χ2n) is 5.76. The summed E-state index contributed by atoms with van der Waals surface area (Å²) in [4.78, 5) is 4.70. The molecular weight excluding hydrogens is 332 g/mol. The van der Waals surface area contributed by atoms with E-state index < -0.39 is 0 Å². The fourth-order valence-corrected chi connectivity index (χ4v) is 2.77. The first-order valence-electron chi connectivity index (χ1n) is 7.92. The quantitative estimate of drug-likeness (QED) is 0.397. The zero-order valence-electron chi connectivity index (χ0n) is 13.6. The lowest BCUT2D eigenvalue weighted by atomic mass is 10.1. The third-order valence-electron chi connectivity index (χ3n) is 3.90. The predicted molar refractivity (Wildman–Crippen MR) is 101 cm³/mol. The molecule has 25 heavy (non-hydrogen) atoms. The molecule has 0 bridgehead atoms. The van der Waals surface area contributed by atoms with Crippen LogP contribution in [0.3, 0.4) is 0 Å². The first-order chi connectivity index (χ1) is 12.2. The van der Waals surface area contributed by atoms with Gasteiger partial charge in [0.1, 0.15) is 11.3 Å². The van der Waals surface area contributed by atoms with Gasteiger partial charge in [-0.3, -0.25) is 4.40 Å². The molecule has 0 N–H and O–H groups in total. The smallest absolute Gasteiger partial charge is 0.187 e. The summed E-state index contributed by atoms with van der Waals surface area (Å²) in [6.07, 6.45) is 1.81. The van der Waals surface area contributed by atoms with E-state index in [9.17, 15) is 0 Å². The molecule has 0 unspecified atom stereocenters. The fraction of sp³-hybridized carbons (Fsp3) is 0.0500. The van der Waals surface area contributed by atoms with E-state index in [1.165, 1.54) is 5.56 Å². The van der Waals surface area contributed by atoms with Gasteiger partial charge in [-0.1, -0.05) is 59.6 Å². The van der Waals surface area contributed by atoms with Crippen molar-refractivity contribution in [3.63, 3.8) is 0 Å². The first-order valence-corrected chi connectivity index (χ1v) is 8.30. The van der Waals surface area contributed by atoms with Crippen molar-refractivity contribution in [1.82, 2.24) is 9.38 Å². The number of fused-ring (bicyclic) bond motifs is 1. The number of benzene rings is 2. The van der Waals surface area contributed by atoms with Crippen molar-refractivity contribution in [2.45, 2.75) is 6.92 Å². The van der Waals surface area contributed by atoms with Gasteiger partial charge in [-0.2, -0.15) is 0 Å². The molecule has 0 radical (unpaired) electrons. The van der Waals surface area contributed by atoms with E-state index in [1.807, 2.05) is 78.1 Å². The number of imidazole rings is 1. The summed E-state index contributed by atoms with van der Waals surface area (Å²) in [6.45, 7) is 2.04. The maximum absolute atomic E-state index is 6.16. The minimum atomic E-state index is 0.622. The Kier molecular flexibility index (Phi) is 4.04. The number of pyridine rings is 1. The van der Waals surface area contributed by atoms with Crippen molar-refractivity contribution >= 4 is 28.8 Å². The van der Waals surface area contributed by atoms with E-state index in [2.05, 4.69) is 10.2 Å². The Morgan fingerprint density at radius 3 is 2.40 bits per heavy atom. The molecule has 0 aliphatic carbocycles. The maximum Gasteiger partial charge on any atom is 0.187 e. The van der Waals surface area contributed by atoms with Crippen LogP contribution in [-0.2, 0) is 0 Å². The van der Waals surface area contributed by atoms with Crippen LogP contribution in [0, 0.1) is 6.92 Å². The Bertz CT molecular complexity index is 1050. The van der Waals surface area contributed by atoms with E-state index in [-0.39, 0.29) is 0 Å². The Balaban J connectivity index is 1.87. The number of hydrogen-bond donors (Lipinski definition) is 0. The Hall–Kier alpha value is -2.98. The minimum absolute atomic E-state index is 0.622. The Morgan fingerprint density at radius 1 is 0.880 bits per heavy atom. The summed E-state index contributed by atoms with van der Waals surface area (Å²) >= 11 is 6.16. The summed E-state index contributed by atoms with van der Waals surface area (Å²) in [5.41, 5.74) is 4.52. The topological polar surface area (TPSA) is 42.0 Å². The van der Waals surface area contributed by atoms with Crippen molar-refractivity contribution in [2.24, 2.45) is 10.2 Å². The highest BCUT2D eigenvalue weighted by molar-refractivity contribution is 6.30. The highest BCUT2D eigenvalue weighted by atomic mass is 35.5. The average molecular weight is 347 g/mol. The molecule has 0 aliphatic rings. The molecule has 0 saturated carbocycles. The first kappa shape index (κ1) is 15.5. The standard InChI is InChI=1S/C20H15ClN4/c1-14-7-10-17(11-8-14)23-24-20-19(15-5-3-2-4-6-15)22-18-12-9-16(21)13-25(18)20/h2-13H,1H3. The third kappa shape index (κ3) is 3.16. The van der Waals surface area contributed by atoms with Crippen molar-refractivity contribution < 1.29 is 0 Å². The van der Waals surface area contributed by atoms with Crippen molar-refractivity contribution in [3.8, 4) is 11.3 Å². The molecule has 2 aromatic heterocycles. The molecule has 5 heteroatoms. The molecule has 0 fully saturated rings. The molecule has 4 rings (SSSR count). The van der Waals surface area contributed by atoms with Gasteiger partial charge in [0.05, 0.1) is 10.7 Å².